The molecule has 5 nitrogen and oxygen atoms in total. The molecule has 0 aliphatic heterocycles. The minimum absolute atomic E-state index is 0.00365. The number of carbonyl (C=O) groups excluding carboxylic acids is 1. The summed E-state index contributed by atoms with van der Waals surface area (Å²) in [6.07, 6.45) is 7.67. The number of allylic oxidation sites excluding steroid dienone is 4. The van der Waals surface area contributed by atoms with Crippen LogP contribution in [0.4, 0.5) is 5.69 Å². The number of amides is 1. The molecule has 0 aliphatic rings. The van der Waals surface area contributed by atoms with E-state index in [1.165, 1.54) is 15.3 Å². The minimum atomic E-state index is -0.00365. The van der Waals surface area contributed by atoms with E-state index in [1.54, 1.807) is 12.2 Å². The largest absolute Gasteiger partial charge is 0.355 e. The van der Waals surface area contributed by atoms with Crippen LogP contribution in [0.5, 0.6) is 0 Å². The zero-order valence-corrected chi connectivity index (χ0v) is 21.4. The summed E-state index contributed by atoms with van der Waals surface area (Å²) in [4.78, 5) is 14.5. The maximum Gasteiger partial charge on any atom is 0.220 e. The van der Waals surface area contributed by atoms with Crippen LogP contribution in [0, 0.1) is 11.3 Å². The number of hydrogen-bond acceptors (Lipinski definition) is 5. The van der Waals surface area contributed by atoms with Crippen LogP contribution in [0.3, 0.4) is 0 Å². The van der Waals surface area contributed by atoms with Gasteiger partial charge >= 0.3 is 0 Å². The van der Waals surface area contributed by atoms with E-state index >= 15 is 0 Å². The van der Waals surface area contributed by atoms with Crippen molar-refractivity contribution < 1.29 is 4.79 Å². The highest BCUT2D eigenvalue weighted by molar-refractivity contribution is 14.2. The summed E-state index contributed by atoms with van der Waals surface area (Å²) < 4.78 is 3.13. The molecule has 0 bridgehead atoms. The third-order valence-electron chi connectivity index (χ3n) is 4.88. The van der Waals surface area contributed by atoms with Gasteiger partial charge in [-0.3, -0.25) is 4.79 Å². The van der Waals surface area contributed by atoms with Gasteiger partial charge in [0, 0.05) is 61.1 Å². The van der Waals surface area contributed by atoms with Crippen LogP contribution in [0.15, 0.2) is 49.1 Å². The quantitative estimate of drug-likeness (QED) is 0.126. The Morgan fingerprint density at radius 2 is 2.10 bits per heavy atom. The molecule has 0 aliphatic carbocycles. The van der Waals surface area contributed by atoms with E-state index in [0.29, 0.717) is 30.0 Å². The Bertz CT molecular complexity index is 798. The van der Waals surface area contributed by atoms with Crippen molar-refractivity contribution in [3.63, 3.8) is 0 Å². The van der Waals surface area contributed by atoms with Gasteiger partial charge in [0.1, 0.15) is 0 Å². The fraction of sp³-hybridized carbons (Fsp3) is 0.364. The molecule has 164 valence electrons. The summed E-state index contributed by atoms with van der Waals surface area (Å²) >= 11 is 8.71. The molecular formula is C22H30ClIN4OS. The van der Waals surface area contributed by atoms with Gasteiger partial charge in [0.2, 0.25) is 5.91 Å². The Balaban J connectivity index is 2.84. The van der Waals surface area contributed by atoms with E-state index in [0.717, 1.165) is 16.8 Å². The minimum Gasteiger partial charge on any atom is -0.355 e. The van der Waals surface area contributed by atoms with Crippen LogP contribution in [0.2, 0.25) is 5.02 Å². The van der Waals surface area contributed by atoms with Crippen molar-refractivity contribution in [3.8, 4) is 0 Å². The molecule has 1 amide bonds. The summed E-state index contributed by atoms with van der Waals surface area (Å²) in [6, 6.07) is 3.98. The van der Waals surface area contributed by atoms with Crippen LogP contribution in [-0.4, -0.2) is 43.7 Å². The smallest absolute Gasteiger partial charge is 0.220 e. The Morgan fingerprint density at radius 3 is 2.63 bits per heavy atom. The van der Waals surface area contributed by atoms with Crippen molar-refractivity contribution in [2.45, 2.75) is 25.8 Å². The second-order valence-electron chi connectivity index (χ2n) is 7.16. The third kappa shape index (κ3) is 8.09. The fourth-order valence-electron chi connectivity index (χ4n) is 3.03. The monoisotopic (exact) mass is 560 g/mol. The van der Waals surface area contributed by atoms with Gasteiger partial charge in [0.15, 0.2) is 0 Å². The van der Waals surface area contributed by atoms with Gasteiger partial charge in [-0.25, -0.2) is 0 Å². The molecule has 1 rings (SSSR count). The molecule has 0 heterocycles. The first kappa shape index (κ1) is 26.7. The number of hydrogen-bond donors (Lipinski definition) is 3. The number of likely N-dealkylation sites (N-methyl/N-ethyl adjacent to an activating group) is 1. The summed E-state index contributed by atoms with van der Waals surface area (Å²) in [7, 11) is 5.39. The lowest BCUT2D eigenvalue weighted by Gasteiger charge is -2.26. The second kappa shape index (κ2) is 13.9. The summed E-state index contributed by atoms with van der Waals surface area (Å²) in [5.41, 5.74) is 3.42. The van der Waals surface area contributed by atoms with Gasteiger partial charge in [-0.1, -0.05) is 56.0 Å². The first-order chi connectivity index (χ1) is 14.3. The van der Waals surface area contributed by atoms with Crippen molar-refractivity contribution in [2.24, 2.45) is 5.92 Å². The van der Waals surface area contributed by atoms with Gasteiger partial charge < -0.3 is 20.3 Å². The second-order valence-corrected chi connectivity index (χ2v) is 9.22. The average molecular weight is 561 g/mol. The molecule has 1 aromatic carbocycles. The number of halogens is 2. The molecular weight excluding hydrogens is 531 g/mol. The first-order valence-electron chi connectivity index (χ1n) is 9.52. The van der Waals surface area contributed by atoms with Gasteiger partial charge in [-0.2, -0.15) is 0 Å². The number of rotatable bonds is 13. The molecule has 0 saturated heterocycles. The van der Waals surface area contributed by atoms with E-state index in [-0.39, 0.29) is 17.9 Å². The maximum absolute atomic E-state index is 12.5. The lowest BCUT2D eigenvalue weighted by Crippen LogP contribution is -2.42. The van der Waals surface area contributed by atoms with Crippen molar-refractivity contribution in [1.29, 1.82) is 5.41 Å². The Hall–Kier alpha value is -1.29. The Morgan fingerprint density at radius 1 is 1.40 bits per heavy atom. The van der Waals surface area contributed by atoms with Crippen LogP contribution >= 0.6 is 41.9 Å². The third-order valence-corrected chi connectivity index (χ3v) is 6.28. The molecule has 0 radical (unpaired) electrons. The van der Waals surface area contributed by atoms with E-state index in [2.05, 4.69) is 49.3 Å². The van der Waals surface area contributed by atoms with Crippen molar-refractivity contribution in [1.82, 2.24) is 10.2 Å². The Kier molecular flexibility index (Phi) is 12.4. The molecule has 0 spiro atoms. The summed E-state index contributed by atoms with van der Waals surface area (Å²) in [5.74, 6) is 0.0646. The molecule has 0 fully saturated rings. The van der Waals surface area contributed by atoms with E-state index in [9.17, 15) is 4.79 Å². The zero-order chi connectivity index (χ0) is 22.7. The molecule has 0 saturated carbocycles. The highest BCUT2D eigenvalue weighted by Crippen LogP contribution is 2.30. The number of nitrogens with one attached hydrogen (secondary N) is 3. The van der Waals surface area contributed by atoms with Crippen molar-refractivity contribution >= 4 is 59.7 Å². The predicted octanol–water partition coefficient (Wildman–Crippen LogP) is 5.66. The van der Waals surface area contributed by atoms with Crippen molar-refractivity contribution in [3.05, 3.63) is 65.2 Å². The maximum atomic E-state index is 12.5. The molecule has 0 aromatic heterocycles. The van der Waals surface area contributed by atoms with Crippen LogP contribution < -0.4 is 10.0 Å². The van der Waals surface area contributed by atoms with Crippen LogP contribution in [0.1, 0.15) is 24.5 Å². The highest BCUT2D eigenvalue weighted by Gasteiger charge is 2.19. The van der Waals surface area contributed by atoms with Crippen LogP contribution in [0.25, 0.3) is 0 Å². The SMILES string of the molecule is C=C/C=C(\C=C)C(C)CC(=O)NCC(Cc1ccc(NSI)c(C=N)c1Cl)N(C)C. The number of benzene rings is 1. The molecule has 30 heavy (non-hydrogen) atoms. The Labute approximate surface area is 201 Å². The average Bonchev–Trinajstić information content (AvgIpc) is 2.70. The number of anilines is 1. The van der Waals surface area contributed by atoms with Crippen molar-refractivity contribution in [2.75, 3.05) is 25.4 Å². The van der Waals surface area contributed by atoms with E-state index in [4.69, 9.17) is 17.0 Å². The topological polar surface area (TPSA) is 68.2 Å². The predicted molar refractivity (Wildman–Crippen MR) is 141 cm³/mol. The van der Waals surface area contributed by atoms with E-state index in [1.807, 2.05) is 39.2 Å². The molecule has 2 unspecified atom stereocenters. The standard InChI is InChI=1S/C22H30ClIN4OS/c1-6-8-16(7-2)15(3)11-21(29)26-14-18(28(4)5)12-17-9-10-20(27-30-24)19(13-25)22(17)23/h6-10,13,15,18,25,27H,1-2,11-12,14H2,3-5H3,(H,26,29)/b16-8+,25-13?. The zero-order valence-electron chi connectivity index (χ0n) is 17.7. The van der Waals surface area contributed by atoms with Gasteiger partial charge in [-0.15, -0.1) is 0 Å². The number of nitrogens with zero attached hydrogens (tertiary/aromatic N) is 1. The van der Waals surface area contributed by atoms with Gasteiger partial charge in [0.05, 0.1) is 10.7 Å². The molecule has 2 atom stereocenters. The first-order valence-corrected chi connectivity index (χ1v) is 13.3. The van der Waals surface area contributed by atoms with Gasteiger partial charge in [-0.05, 0) is 43.6 Å². The molecule has 1 aromatic rings. The molecule has 3 N–H and O–H groups in total. The normalized spacial score (nSPS) is 13.5. The fourth-order valence-corrected chi connectivity index (χ4v) is 4.30. The molecule has 8 heteroatoms. The van der Waals surface area contributed by atoms with Crippen LogP contribution in [-0.2, 0) is 11.2 Å². The summed E-state index contributed by atoms with van der Waals surface area (Å²) in [5, 5.41) is 11.3. The van der Waals surface area contributed by atoms with E-state index < -0.39 is 0 Å². The van der Waals surface area contributed by atoms with Gasteiger partial charge in [0.25, 0.3) is 0 Å². The highest BCUT2D eigenvalue weighted by atomic mass is 127. The lowest BCUT2D eigenvalue weighted by atomic mass is 9.96. The lowest BCUT2D eigenvalue weighted by molar-refractivity contribution is -0.121. The number of carbonyl (C=O) groups is 1. The summed E-state index contributed by atoms with van der Waals surface area (Å²) in [6.45, 7) is 10.0.